The first kappa shape index (κ1) is 9.16. The van der Waals surface area contributed by atoms with Gasteiger partial charge in [0, 0.05) is 24.9 Å². The molecular formula is C7H14NO2S-. The second-order valence-electron chi connectivity index (χ2n) is 3.38. The second-order valence-corrected chi connectivity index (χ2v) is 4.32. The molecule has 1 aliphatic rings. The van der Waals surface area contributed by atoms with E-state index >= 15 is 0 Å². The minimum Gasteiger partial charge on any atom is -0.772 e. The average molecular weight is 176 g/mol. The molecule has 0 N–H and O–H groups in total. The Labute approximate surface area is 70.1 Å². The first-order valence-electron chi connectivity index (χ1n) is 3.89. The molecule has 0 aromatic carbocycles. The molecule has 1 heterocycles. The van der Waals surface area contributed by atoms with Gasteiger partial charge in [-0.25, -0.2) is 0 Å². The van der Waals surface area contributed by atoms with Crippen LogP contribution in [0.3, 0.4) is 0 Å². The Bertz CT molecular complexity index is 155. The Morgan fingerprint density at radius 1 is 1.64 bits per heavy atom. The third kappa shape index (κ3) is 2.54. The molecule has 1 atom stereocenters. The van der Waals surface area contributed by atoms with Gasteiger partial charge < -0.3 is 9.45 Å². The highest BCUT2D eigenvalue weighted by atomic mass is 32.2. The summed E-state index contributed by atoms with van der Waals surface area (Å²) in [5.41, 5.74) is 0. The number of nitrogens with zero attached hydrogens (tertiary/aromatic N) is 1. The summed E-state index contributed by atoms with van der Waals surface area (Å²) in [7, 11) is 0. The molecule has 1 aliphatic heterocycles. The Kier molecular flexibility index (Phi) is 3.04. The molecule has 4 heteroatoms. The largest absolute Gasteiger partial charge is 0.772 e. The Hall–Kier alpha value is 0.0700. The van der Waals surface area contributed by atoms with Gasteiger partial charge in [0.1, 0.15) is 0 Å². The van der Waals surface area contributed by atoms with Crippen molar-refractivity contribution in [2.24, 2.45) is 5.92 Å². The minimum absolute atomic E-state index is 0.337. The molecular weight excluding hydrogens is 162 g/mol. The molecule has 0 radical (unpaired) electrons. The van der Waals surface area contributed by atoms with E-state index in [2.05, 4.69) is 18.7 Å². The van der Waals surface area contributed by atoms with E-state index in [-0.39, 0.29) is 0 Å². The van der Waals surface area contributed by atoms with Crippen molar-refractivity contribution in [2.75, 3.05) is 18.8 Å². The zero-order valence-corrected chi connectivity index (χ0v) is 7.76. The lowest BCUT2D eigenvalue weighted by Gasteiger charge is -2.42. The number of hydrogen-bond donors (Lipinski definition) is 0. The van der Waals surface area contributed by atoms with E-state index in [9.17, 15) is 8.76 Å². The van der Waals surface area contributed by atoms with Crippen molar-refractivity contribution in [3.63, 3.8) is 0 Å². The SMILES string of the molecule is CC(C)N1CC(CS(=O)[O-])C1. The molecule has 0 aromatic rings. The van der Waals surface area contributed by atoms with E-state index in [1.807, 2.05) is 0 Å². The maximum absolute atomic E-state index is 10.3. The van der Waals surface area contributed by atoms with E-state index in [0.717, 1.165) is 13.1 Å². The Balaban J connectivity index is 2.14. The van der Waals surface area contributed by atoms with E-state index in [1.54, 1.807) is 0 Å². The molecule has 11 heavy (non-hydrogen) atoms. The third-order valence-corrected chi connectivity index (χ3v) is 2.83. The highest BCUT2D eigenvalue weighted by molar-refractivity contribution is 7.79. The predicted molar refractivity (Wildman–Crippen MR) is 44.0 cm³/mol. The summed E-state index contributed by atoms with van der Waals surface area (Å²) in [6.45, 7) is 6.16. The first-order valence-corrected chi connectivity index (χ1v) is 5.14. The second kappa shape index (κ2) is 3.65. The van der Waals surface area contributed by atoms with Gasteiger partial charge in [-0.15, -0.1) is 0 Å². The van der Waals surface area contributed by atoms with Gasteiger partial charge in [0.2, 0.25) is 0 Å². The van der Waals surface area contributed by atoms with Crippen LogP contribution >= 0.6 is 0 Å². The molecule has 1 fully saturated rings. The molecule has 0 saturated carbocycles. The van der Waals surface area contributed by atoms with E-state index in [1.165, 1.54) is 0 Å². The molecule has 0 aromatic heterocycles. The highest BCUT2D eigenvalue weighted by Gasteiger charge is 2.27. The quantitative estimate of drug-likeness (QED) is 0.577. The van der Waals surface area contributed by atoms with E-state index in [4.69, 9.17) is 0 Å². The van der Waals surface area contributed by atoms with Gasteiger partial charge in [-0.1, -0.05) is 11.1 Å². The van der Waals surface area contributed by atoms with Gasteiger partial charge in [-0.05, 0) is 19.8 Å². The number of rotatable bonds is 3. The normalized spacial score (nSPS) is 23.6. The van der Waals surface area contributed by atoms with Crippen LogP contribution in [0.25, 0.3) is 0 Å². The molecule has 1 saturated heterocycles. The summed E-state index contributed by atoms with van der Waals surface area (Å²) in [5, 5.41) is 0. The fraction of sp³-hybridized carbons (Fsp3) is 1.00. The van der Waals surface area contributed by atoms with Crippen LogP contribution in [0.1, 0.15) is 13.8 Å². The maximum atomic E-state index is 10.3. The van der Waals surface area contributed by atoms with Gasteiger partial charge in [0.25, 0.3) is 0 Å². The van der Waals surface area contributed by atoms with Crippen molar-refractivity contribution in [3.05, 3.63) is 0 Å². The molecule has 1 rings (SSSR count). The first-order chi connectivity index (χ1) is 5.09. The van der Waals surface area contributed by atoms with Crippen LogP contribution in [0, 0.1) is 5.92 Å². The van der Waals surface area contributed by atoms with Gasteiger partial charge in [-0.2, -0.15) is 0 Å². The summed E-state index contributed by atoms with van der Waals surface area (Å²) >= 11 is -1.85. The van der Waals surface area contributed by atoms with Gasteiger partial charge in [0.05, 0.1) is 0 Å². The monoisotopic (exact) mass is 176 g/mol. The van der Waals surface area contributed by atoms with Gasteiger partial charge in [0.15, 0.2) is 0 Å². The van der Waals surface area contributed by atoms with Crippen molar-refractivity contribution in [3.8, 4) is 0 Å². The van der Waals surface area contributed by atoms with Crippen molar-refractivity contribution in [2.45, 2.75) is 19.9 Å². The van der Waals surface area contributed by atoms with Gasteiger partial charge >= 0.3 is 0 Å². The zero-order chi connectivity index (χ0) is 8.43. The Morgan fingerprint density at radius 2 is 2.18 bits per heavy atom. The average Bonchev–Trinajstić information content (AvgIpc) is 1.75. The van der Waals surface area contributed by atoms with Crippen molar-refractivity contribution in [1.82, 2.24) is 4.90 Å². The lowest BCUT2D eigenvalue weighted by Crippen LogP contribution is -2.51. The third-order valence-electron chi connectivity index (χ3n) is 2.09. The zero-order valence-electron chi connectivity index (χ0n) is 6.95. The topological polar surface area (TPSA) is 43.4 Å². The maximum Gasteiger partial charge on any atom is 0.0154 e. The lowest BCUT2D eigenvalue weighted by molar-refractivity contribution is 0.0801. The molecule has 3 nitrogen and oxygen atoms in total. The highest BCUT2D eigenvalue weighted by Crippen LogP contribution is 2.18. The number of likely N-dealkylation sites (tertiary alicyclic amines) is 1. The molecule has 0 spiro atoms. The van der Waals surface area contributed by atoms with E-state index < -0.39 is 11.1 Å². The number of hydrogen-bond acceptors (Lipinski definition) is 3. The molecule has 0 aliphatic carbocycles. The smallest absolute Gasteiger partial charge is 0.0154 e. The van der Waals surface area contributed by atoms with Crippen LogP contribution in [0.4, 0.5) is 0 Å². The lowest BCUT2D eigenvalue weighted by atomic mass is 10.0. The van der Waals surface area contributed by atoms with Crippen LogP contribution in [0.5, 0.6) is 0 Å². The van der Waals surface area contributed by atoms with Crippen LogP contribution in [0.2, 0.25) is 0 Å². The summed E-state index contributed by atoms with van der Waals surface area (Å²) in [6.07, 6.45) is 0. The molecule has 66 valence electrons. The summed E-state index contributed by atoms with van der Waals surface area (Å²) in [6, 6.07) is 0.561. The predicted octanol–water partition coefficient (Wildman–Crippen LogP) is 0.206. The fourth-order valence-electron chi connectivity index (χ4n) is 1.33. The Morgan fingerprint density at radius 3 is 2.55 bits per heavy atom. The molecule has 0 amide bonds. The van der Waals surface area contributed by atoms with Crippen LogP contribution in [-0.2, 0) is 11.1 Å². The van der Waals surface area contributed by atoms with E-state index in [0.29, 0.717) is 17.7 Å². The van der Waals surface area contributed by atoms with Crippen LogP contribution < -0.4 is 0 Å². The van der Waals surface area contributed by atoms with Crippen LogP contribution in [-0.4, -0.2) is 38.5 Å². The van der Waals surface area contributed by atoms with Crippen molar-refractivity contribution >= 4 is 11.1 Å². The van der Waals surface area contributed by atoms with Crippen LogP contribution in [0.15, 0.2) is 0 Å². The fourth-order valence-corrected chi connectivity index (χ4v) is 1.93. The standard InChI is InChI=1S/C7H15NO2S/c1-6(2)8-3-7(4-8)5-11(9)10/h6-7H,3-5H2,1-2H3,(H,9,10)/p-1. The van der Waals surface area contributed by atoms with Gasteiger partial charge in [-0.3, -0.25) is 4.21 Å². The molecule has 1 unspecified atom stereocenters. The molecule has 0 bridgehead atoms. The summed E-state index contributed by atoms with van der Waals surface area (Å²) < 4.78 is 20.5. The summed E-state index contributed by atoms with van der Waals surface area (Å²) in [5.74, 6) is 0.721. The van der Waals surface area contributed by atoms with Crippen molar-refractivity contribution in [1.29, 1.82) is 0 Å². The minimum atomic E-state index is -1.85. The van der Waals surface area contributed by atoms with Crippen molar-refractivity contribution < 1.29 is 8.76 Å². The summed E-state index contributed by atoms with van der Waals surface area (Å²) in [4.78, 5) is 2.28.